The first-order valence-electron chi connectivity index (χ1n) is 22.7. The van der Waals surface area contributed by atoms with Crippen LogP contribution in [0.25, 0.3) is 44.1 Å². The molecule has 0 atom stereocenters. The Hall–Kier alpha value is -7.87. The topological polar surface area (TPSA) is 199 Å². The van der Waals surface area contributed by atoms with Crippen molar-refractivity contribution in [1.29, 1.82) is 0 Å². The van der Waals surface area contributed by atoms with Gasteiger partial charge < -0.3 is 32.3 Å². The minimum atomic E-state index is -0.189. The lowest BCUT2D eigenvalue weighted by Crippen LogP contribution is -2.27. The van der Waals surface area contributed by atoms with Crippen molar-refractivity contribution in [1.82, 2.24) is 35.1 Å². The van der Waals surface area contributed by atoms with Crippen LogP contribution in [0, 0.1) is 0 Å². The summed E-state index contributed by atoms with van der Waals surface area (Å²) in [7, 11) is 0. The predicted octanol–water partition coefficient (Wildman–Crippen LogP) is 8.24. The summed E-state index contributed by atoms with van der Waals surface area (Å²) >= 11 is 0. The number of hydrogen-bond acceptors (Lipinski definition) is 11. The van der Waals surface area contributed by atoms with Gasteiger partial charge in [-0.1, -0.05) is 109 Å². The molecule has 0 radical (unpaired) electrons. The quantitative estimate of drug-likeness (QED) is 0.107. The van der Waals surface area contributed by atoms with Crippen LogP contribution in [0.1, 0.15) is 84.8 Å². The normalized spacial score (nSPS) is 14.7. The molecule has 2 amide bonds. The average molecular weight is 887 g/mol. The number of amides is 2. The van der Waals surface area contributed by atoms with Crippen LogP contribution in [-0.4, -0.2) is 59.9 Å². The SMILES string of the molecule is NC1CC1.Nc1nc(C(=O)N2Cc3ccccc3C2)c2cc(-c3ccccc3C=O)ccc2n1.Nc1nc(C(=O)N2Cc3ccccc3C2)c2cc(-c3ccccc3CNC3CC3)ccc2n1. The highest BCUT2D eigenvalue weighted by molar-refractivity contribution is 6.07. The molecule has 13 nitrogen and oxygen atoms in total. The van der Waals surface area contributed by atoms with Gasteiger partial charge in [0.25, 0.3) is 11.8 Å². The molecule has 2 fully saturated rings. The van der Waals surface area contributed by atoms with Gasteiger partial charge in [-0.3, -0.25) is 14.4 Å². The van der Waals surface area contributed by atoms with Gasteiger partial charge >= 0.3 is 0 Å². The second-order valence-electron chi connectivity index (χ2n) is 17.5. The third-order valence-corrected chi connectivity index (χ3v) is 12.6. The number of nitrogens with one attached hydrogen (secondary N) is 1. The van der Waals surface area contributed by atoms with Crippen molar-refractivity contribution in [3.8, 4) is 22.3 Å². The van der Waals surface area contributed by atoms with Crippen molar-refractivity contribution in [3.63, 3.8) is 0 Å². The van der Waals surface area contributed by atoms with Crippen LogP contribution in [0.3, 0.4) is 0 Å². The van der Waals surface area contributed by atoms with Crippen LogP contribution in [0.4, 0.5) is 11.9 Å². The number of aldehydes is 1. The fraction of sp³-hybridized carbons (Fsp3) is 0.204. The third-order valence-electron chi connectivity index (χ3n) is 12.6. The number of rotatable bonds is 8. The maximum absolute atomic E-state index is 13.6. The molecule has 2 aliphatic heterocycles. The fourth-order valence-electron chi connectivity index (χ4n) is 8.66. The molecular formula is C54H50N10O3. The van der Waals surface area contributed by atoms with Crippen LogP contribution in [0.15, 0.2) is 133 Å². The Balaban J connectivity index is 0.000000145. The lowest BCUT2D eigenvalue weighted by Gasteiger charge is -2.17. The molecule has 2 aliphatic carbocycles. The third kappa shape index (κ3) is 9.46. The fourth-order valence-corrected chi connectivity index (χ4v) is 8.66. The summed E-state index contributed by atoms with van der Waals surface area (Å²) < 4.78 is 0. The van der Waals surface area contributed by atoms with Crippen molar-refractivity contribution in [2.45, 2.75) is 70.5 Å². The minimum absolute atomic E-state index is 0.0589. The zero-order valence-corrected chi connectivity index (χ0v) is 36.9. The predicted molar refractivity (Wildman–Crippen MR) is 261 cm³/mol. The van der Waals surface area contributed by atoms with E-state index in [1.807, 2.05) is 95.9 Å². The molecule has 6 aromatic carbocycles. The first-order valence-corrected chi connectivity index (χ1v) is 22.7. The average Bonchev–Trinajstić information content (AvgIpc) is 4.27. The number of aromatic nitrogens is 4. The highest BCUT2D eigenvalue weighted by Gasteiger charge is 2.29. The molecule has 8 aromatic rings. The molecule has 12 rings (SSSR count). The van der Waals surface area contributed by atoms with E-state index in [1.165, 1.54) is 42.4 Å². The molecule has 0 bridgehead atoms. The number of carbonyl (C=O) groups is 3. The second-order valence-corrected chi connectivity index (χ2v) is 17.5. The Labute approximate surface area is 388 Å². The highest BCUT2D eigenvalue weighted by atomic mass is 16.2. The van der Waals surface area contributed by atoms with Crippen molar-refractivity contribution >= 4 is 51.8 Å². The molecule has 7 N–H and O–H groups in total. The number of nitrogens with two attached hydrogens (primary N) is 3. The molecule has 334 valence electrons. The van der Waals surface area contributed by atoms with E-state index in [4.69, 9.17) is 17.2 Å². The minimum Gasteiger partial charge on any atom is -0.368 e. The van der Waals surface area contributed by atoms with Gasteiger partial charge in [0.05, 0.1) is 11.0 Å². The number of nitrogen functional groups attached to an aromatic ring is 2. The first kappa shape index (κ1) is 43.0. The summed E-state index contributed by atoms with van der Waals surface area (Å²) in [6.45, 7) is 3.06. The van der Waals surface area contributed by atoms with E-state index in [-0.39, 0.29) is 29.4 Å². The summed E-state index contributed by atoms with van der Waals surface area (Å²) in [5.41, 5.74) is 29.3. The van der Waals surface area contributed by atoms with Crippen LogP contribution >= 0.6 is 0 Å². The molecule has 0 unspecified atom stereocenters. The van der Waals surface area contributed by atoms with Gasteiger partial charge in [-0.05, 0) is 100 Å². The van der Waals surface area contributed by atoms with E-state index < -0.39 is 0 Å². The number of nitrogens with zero attached hydrogens (tertiary/aromatic N) is 6. The van der Waals surface area contributed by atoms with Crippen LogP contribution in [0.5, 0.6) is 0 Å². The molecule has 13 heteroatoms. The number of hydrogen-bond donors (Lipinski definition) is 4. The summed E-state index contributed by atoms with van der Waals surface area (Å²) in [5, 5.41) is 4.94. The molecule has 0 saturated heterocycles. The zero-order valence-electron chi connectivity index (χ0n) is 36.9. The Morgan fingerprint density at radius 3 is 1.46 bits per heavy atom. The molecule has 67 heavy (non-hydrogen) atoms. The number of benzene rings is 6. The van der Waals surface area contributed by atoms with Crippen molar-refractivity contribution in [2.24, 2.45) is 5.73 Å². The second kappa shape index (κ2) is 18.6. The Kier molecular flexibility index (Phi) is 11.9. The number of fused-ring (bicyclic) bond motifs is 4. The summed E-state index contributed by atoms with van der Waals surface area (Å²) in [4.78, 5) is 59.3. The number of anilines is 2. The lowest BCUT2D eigenvalue weighted by molar-refractivity contribution is 0.0741. The van der Waals surface area contributed by atoms with E-state index in [0.717, 1.165) is 51.6 Å². The molecule has 4 heterocycles. The van der Waals surface area contributed by atoms with Crippen molar-refractivity contribution in [3.05, 3.63) is 178 Å². The number of carbonyl (C=O) groups excluding carboxylic acids is 3. The van der Waals surface area contributed by atoms with Crippen LogP contribution in [-0.2, 0) is 32.7 Å². The molecule has 2 saturated carbocycles. The maximum atomic E-state index is 13.6. The first-order chi connectivity index (χ1) is 32.7. The van der Waals surface area contributed by atoms with E-state index in [1.54, 1.807) is 17.0 Å². The van der Waals surface area contributed by atoms with Gasteiger partial charge in [-0.15, -0.1) is 0 Å². The van der Waals surface area contributed by atoms with E-state index in [9.17, 15) is 14.4 Å². The summed E-state index contributed by atoms with van der Waals surface area (Å²) in [6.07, 6.45) is 5.86. The largest absolute Gasteiger partial charge is 0.368 e. The molecular weight excluding hydrogens is 837 g/mol. The van der Waals surface area contributed by atoms with Crippen LogP contribution in [0.2, 0.25) is 0 Å². The Morgan fingerprint density at radius 2 is 1.00 bits per heavy atom. The van der Waals surface area contributed by atoms with E-state index in [0.29, 0.717) is 65.9 Å². The highest BCUT2D eigenvalue weighted by Crippen LogP contribution is 2.33. The van der Waals surface area contributed by atoms with Gasteiger partial charge in [0, 0.05) is 61.1 Å². The zero-order chi connectivity index (χ0) is 46.0. The van der Waals surface area contributed by atoms with Gasteiger partial charge in [0.2, 0.25) is 11.9 Å². The molecule has 4 aliphatic rings. The van der Waals surface area contributed by atoms with Crippen molar-refractivity contribution < 1.29 is 14.4 Å². The smallest absolute Gasteiger partial charge is 0.273 e. The van der Waals surface area contributed by atoms with Crippen LogP contribution < -0.4 is 22.5 Å². The van der Waals surface area contributed by atoms with Gasteiger partial charge in [-0.2, -0.15) is 0 Å². The lowest BCUT2D eigenvalue weighted by atomic mass is 9.97. The maximum Gasteiger partial charge on any atom is 0.273 e. The Morgan fingerprint density at radius 1 is 0.567 bits per heavy atom. The van der Waals surface area contributed by atoms with Gasteiger partial charge in [-0.25, -0.2) is 19.9 Å². The Bertz CT molecular complexity index is 3150. The monoisotopic (exact) mass is 886 g/mol. The summed E-state index contributed by atoms with van der Waals surface area (Å²) in [5.74, 6) is -0.134. The van der Waals surface area contributed by atoms with E-state index >= 15 is 0 Å². The summed E-state index contributed by atoms with van der Waals surface area (Å²) in [6, 6.07) is 44.7. The standard InChI is InChI=1S/C27H25N5O.C24H18N4O2.C3H7N/c28-27-30-24-12-9-17(22-8-4-3-5-18(22)14-29-21-10-11-21)13-23(24)25(31-27)26(33)32-15-19-6-1-2-7-20(19)16-32;25-24-26-21-10-9-15(19-8-4-3-7-18(19)14-29)11-20(21)22(27-24)23(30)28-12-16-5-1-2-6-17(16)13-28;4-3-1-2-3/h1-9,12-13,21,29H,10-11,14-16H2,(H2,28,30,31);1-11,14H,12-13H2,(H2,25,26,27);3H,1-2,4H2. The van der Waals surface area contributed by atoms with Gasteiger partial charge in [0.15, 0.2) is 6.29 Å². The van der Waals surface area contributed by atoms with Crippen molar-refractivity contribution in [2.75, 3.05) is 11.5 Å². The van der Waals surface area contributed by atoms with E-state index in [2.05, 4.69) is 55.6 Å². The van der Waals surface area contributed by atoms with Gasteiger partial charge in [0.1, 0.15) is 11.4 Å². The molecule has 0 spiro atoms. The molecule has 2 aromatic heterocycles.